The molecule has 280 valence electrons. The first-order valence-electron chi connectivity index (χ1n) is 18.2. The van der Waals surface area contributed by atoms with Crippen molar-refractivity contribution < 1.29 is 34.0 Å². The van der Waals surface area contributed by atoms with Gasteiger partial charge in [0.1, 0.15) is 6.54 Å². The van der Waals surface area contributed by atoms with Crippen molar-refractivity contribution in [3.8, 4) is 11.1 Å². The summed E-state index contributed by atoms with van der Waals surface area (Å²) in [4.78, 5) is 26.2. The summed E-state index contributed by atoms with van der Waals surface area (Å²) < 4.78 is 18.4. The fourth-order valence-corrected chi connectivity index (χ4v) is 7.20. The number of likely N-dealkylation sites (tertiary alicyclic amines) is 1. The lowest BCUT2D eigenvalue weighted by molar-refractivity contribution is -0.277. The molecule has 0 aliphatic carbocycles. The Bertz CT molecular complexity index is 1830. The Morgan fingerprint density at radius 2 is 1.58 bits per heavy atom. The standard InChI is InChI=1S/C42H48ClN3O7/c1-3-51-38(48)25-45-41(49)44-24-30-6-4-7-32(22-30)33-8-5-9-34(23-33)40-52-37(28(2)39(53-40)31-12-10-29(27-47)11-13-31)26-46-20-18-42(50,19-21-46)35-14-16-36(43)17-15-35/h4-17,22-23,28,37,39-40,47,50H,3,18-21,24-27H2,1-2H3,(H2,44,45,49)/t28-,37+,39+,40+/m0/s1. The van der Waals surface area contributed by atoms with E-state index in [4.69, 9.17) is 25.8 Å². The molecule has 4 aromatic rings. The molecule has 2 aliphatic rings. The average molecular weight is 742 g/mol. The molecule has 4 N–H and O–H groups in total. The summed E-state index contributed by atoms with van der Waals surface area (Å²) in [5.74, 6) is -0.471. The maximum Gasteiger partial charge on any atom is 0.325 e. The second-order valence-electron chi connectivity index (χ2n) is 13.8. The van der Waals surface area contributed by atoms with E-state index in [1.54, 1.807) is 6.92 Å². The van der Waals surface area contributed by atoms with E-state index in [0.29, 0.717) is 24.4 Å². The molecule has 11 heteroatoms. The number of urea groups is 1. The van der Waals surface area contributed by atoms with Gasteiger partial charge in [0.15, 0.2) is 6.29 Å². The maximum atomic E-state index is 12.2. The third-order valence-corrected chi connectivity index (χ3v) is 10.4. The van der Waals surface area contributed by atoms with Crippen molar-refractivity contribution in [1.82, 2.24) is 15.5 Å². The molecule has 2 heterocycles. The average Bonchev–Trinajstić information content (AvgIpc) is 3.18. The predicted octanol–water partition coefficient (Wildman–Crippen LogP) is 6.64. The molecule has 10 nitrogen and oxygen atoms in total. The number of hydrogen-bond acceptors (Lipinski definition) is 8. The van der Waals surface area contributed by atoms with Gasteiger partial charge in [0.05, 0.1) is 31.0 Å². The second kappa shape index (κ2) is 17.7. The smallest absolute Gasteiger partial charge is 0.325 e. The number of hydrogen-bond donors (Lipinski definition) is 4. The lowest BCUT2D eigenvalue weighted by atomic mass is 9.84. The lowest BCUT2D eigenvalue weighted by Crippen LogP contribution is -2.49. The number of aliphatic hydroxyl groups excluding tert-OH is 1. The van der Waals surface area contributed by atoms with Crippen LogP contribution in [0.25, 0.3) is 11.1 Å². The van der Waals surface area contributed by atoms with Crippen LogP contribution in [0.3, 0.4) is 0 Å². The number of carbonyl (C=O) groups excluding carboxylic acids is 2. The van der Waals surface area contributed by atoms with Gasteiger partial charge in [-0.25, -0.2) is 4.79 Å². The number of carbonyl (C=O) groups is 2. The van der Waals surface area contributed by atoms with E-state index in [1.165, 1.54) is 0 Å². The van der Waals surface area contributed by atoms with Crippen LogP contribution in [-0.2, 0) is 37.8 Å². The van der Waals surface area contributed by atoms with Crippen LogP contribution in [0.5, 0.6) is 0 Å². The van der Waals surface area contributed by atoms with Crippen LogP contribution in [0.4, 0.5) is 4.79 Å². The fraction of sp³-hybridized carbons (Fsp3) is 0.381. The number of benzene rings is 4. The van der Waals surface area contributed by atoms with Crippen LogP contribution in [0.1, 0.15) is 66.9 Å². The number of esters is 1. The van der Waals surface area contributed by atoms with Crippen LogP contribution in [0, 0.1) is 5.92 Å². The van der Waals surface area contributed by atoms with Crippen LogP contribution >= 0.6 is 11.6 Å². The third kappa shape index (κ3) is 9.83. The molecule has 0 bridgehead atoms. The highest BCUT2D eigenvalue weighted by molar-refractivity contribution is 6.30. The monoisotopic (exact) mass is 741 g/mol. The van der Waals surface area contributed by atoms with Crippen LogP contribution in [0.2, 0.25) is 5.02 Å². The Kier molecular flexibility index (Phi) is 12.8. The van der Waals surface area contributed by atoms with Gasteiger partial charge < -0.3 is 40.0 Å². The van der Waals surface area contributed by atoms with Crippen LogP contribution in [0.15, 0.2) is 97.1 Å². The van der Waals surface area contributed by atoms with Gasteiger partial charge in [0.2, 0.25) is 0 Å². The van der Waals surface area contributed by atoms with Crippen molar-refractivity contribution in [1.29, 1.82) is 0 Å². The molecule has 0 spiro atoms. The Morgan fingerprint density at radius 3 is 2.28 bits per heavy atom. The SMILES string of the molecule is CCOC(=O)CNC(=O)NCc1cccc(-c2cccc([C@@H]3O[C@H](CN4CCC(O)(c5ccc(Cl)cc5)CC4)[C@H](C)[C@H](c4ccc(CO)cc4)O3)c2)c1. The van der Waals surface area contributed by atoms with E-state index in [1.807, 2.05) is 91.0 Å². The molecular weight excluding hydrogens is 694 g/mol. The molecule has 53 heavy (non-hydrogen) atoms. The minimum absolute atomic E-state index is 0.0187. The number of amides is 2. The summed E-state index contributed by atoms with van der Waals surface area (Å²) in [5.41, 5.74) is 5.57. The summed E-state index contributed by atoms with van der Waals surface area (Å²) >= 11 is 6.11. The summed E-state index contributed by atoms with van der Waals surface area (Å²) in [6.45, 7) is 6.31. The zero-order valence-electron chi connectivity index (χ0n) is 30.2. The molecule has 6 rings (SSSR count). The predicted molar refractivity (Wildman–Crippen MR) is 203 cm³/mol. The lowest BCUT2D eigenvalue weighted by Gasteiger charge is -2.45. The van der Waals surface area contributed by atoms with Gasteiger partial charge in [-0.05, 0) is 77.4 Å². The largest absolute Gasteiger partial charge is 0.465 e. The molecule has 2 saturated heterocycles. The van der Waals surface area contributed by atoms with E-state index in [-0.39, 0.29) is 44.4 Å². The van der Waals surface area contributed by atoms with Gasteiger partial charge in [-0.2, -0.15) is 0 Å². The van der Waals surface area contributed by atoms with Crippen molar-refractivity contribution in [3.05, 3.63) is 130 Å². The van der Waals surface area contributed by atoms with Crippen molar-refractivity contribution in [2.45, 2.75) is 63.9 Å². The molecule has 2 aliphatic heterocycles. The minimum atomic E-state index is -0.896. The van der Waals surface area contributed by atoms with Gasteiger partial charge in [0, 0.05) is 42.7 Å². The van der Waals surface area contributed by atoms with Gasteiger partial charge in [0.25, 0.3) is 0 Å². The maximum absolute atomic E-state index is 12.2. The molecule has 4 atom stereocenters. The zero-order valence-corrected chi connectivity index (χ0v) is 30.9. The van der Waals surface area contributed by atoms with Gasteiger partial charge in [-0.3, -0.25) is 4.79 Å². The number of ether oxygens (including phenoxy) is 3. The van der Waals surface area contributed by atoms with Crippen molar-refractivity contribution >= 4 is 23.6 Å². The van der Waals surface area contributed by atoms with E-state index in [2.05, 4.69) is 28.5 Å². The summed E-state index contributed by atoms with van der Waals surface area (Å²) in [6.07, 6.45) is 0.163. The molecule has 0 unspecified atom stereocenters. The Morgan fingerprint density at radius 1 is 0.887 bits per heavy atom. The zero-order chi connectivity index (χ0) is 37.4. The van der Waals surface area contributed by atoms with Crippen molar-refractivity contribution in [2.24, 2.45) is 5.92 Å². The molecule has 0 radical (unpaired) electrons. The van der Waals surface area contributed by atoms with E-state index in [0.717, 1.165) is 52.0 Å². The summed E-state index contributed by atoms with van der Waals surface area (Å²) in [6, 6.07) is 31.0. The van der Waals surface area contributed by atoms with E-state index in [9.17, 15) is 19.8 Å². The molecule has 2 fully saturated rings. The second-order valence-corrected chi connectivity index (χ2v) is 14.3. The quantitative estimate of drug-likeness (QED) is 0.119. The first-order chi connectivity index (χ1) is 25.6. The van der Waals surface area contributed by atoms with E-state index >= 15 is 0 Å². The van der Waals surface area contributed by atoms with Crippen LogP contribution in [-0.4, -0.2) is 66.0 Å². The number of aliphatic hydroxyl groups is 2. The van der Waals surface area contributed by atoms with Crippen molar-refractivity contribution in [2.75, 3.05) is 32.8 Å². The Balaban J connectivity index is 1.17. The number of rotatable bonds is 12. The molecule has 4 aromatic carbocycles. The highest BCUT2D eigenvalue weighted by Gasteiger charge is 2.41. The normalized spacial score (nSPS) is 21.5. The summed E-state index contributed by atoms with van der Waals surface area (Å²) in [5, 5.41) is 27.1. The molecule has 0 aromatic heterocycles. The fourth-order valence-electron chi connectivity index (χ4n) is 7.07. The number of nitrogens with one attached hydrogen (secondary N) is 2. The number of halogens is 1. The molecule has 0 saturated carbocycles. The minimum Gasteiger partial charge on any atom is -0.465 e. The highest BCUT2D eigenvalue weighted by Crippen LogP contribution is 2.43. The Hall–Kier alpha value is -4.29. The number of piperidine rings is 1. The van der Waals surface area contributed by atoms with Gasteiger partial charge in [-0.1, -0.05) is 91.3 Å². The van der Waals surface area contributed by atoms with Gasteiger partial charge in [-0.15, -0.1) is 0 Å². The highest BCUT2D eigenvalue weighted by atomic mass is 35.5. The van der Waals surface area contributed by atoms with Gasteiger partial charge >= 0.3 is 12.0 Å². The van der Waals surface area contributed by atoms with Crippen molar-refractivity contribution in [3.63, 3.8) is 0 Å². The first-order valence-corrected chi connectivity index (χ1v) is 18.6. The topological polar surface area (TPSA) is 130 Å². The third-order valence-electron chi connectivity index (χ3n) is 10.2. The van der Waals surface area contributed by atoms with E-state index < -0.39 is 23.9 Å². The molecular formula is C42H48ClN3O7. The first kappa shape index (κ1) is 38.4. The summed E-state index contributed by atoms with van der Waals surface area (Å²) in [7, 11) is 0. The van der Waals surface area contributed by atoms with Crippen LogP contribution < -0.4 is 10.6 Å². The Labute approximate surface area is 316 Å². The number of nitrogens with zero attached hydrogens (tertiary/aromatic N) is 1. The molecule has 2 amide bonds.